The predicted octanol–water partition coefficient (Wildman–Crippen LogP) is 3.09. The van der Waals surface area contributed by atoms with Crippen molar-refractivity contribution in [2.75, 3.05) is 26.3 Å². The number of carboxylic acids is 1. The van der Waals surface area contributed by atoms with Crippen molar-refractivity contribution in [3.63, 3.8) is 0 Å². The van der Waals surface area contributed by atoms with E-state index in [2.05, 4.69) is 17.5 Å². The van der Waals surface area contributed by atoms with Gasteiger partial charge in [0.15, 0.2) is 11.5 Å². The van der Waals surface area contributed by atoms with Crippen molar-refractivity contribution in [2.45, 2.75) is 32.2 Å². The van der Waals surface area contributed by atoms with Crippen LogP contribution in [0.4, 0.5) is 0 Å². The lowest BCUT2D eigenvalue weighted by molar-refractivity contribution is -0.152. The van der Waals surface area contributed by atoms with Gasteiger partial charge in [0.2, 0.25) is 0 Å². The molecule has 0 bridgehead atoms. The van der Waals surface area contributed by atoms with Gasteiger partial charge in [-0.3, -0.25) is 9.69 Å². The first-order chi connectivity index (χ1) is 11.6. The maximum absolute atomic E-state index is 11.7. The fourth-order valence-corrected chi connectivity index (χ4v) is 3.59. The van der Waals surface area contributed by atoms with Crippen molar-refractivity contribution in [1.29, 1.82) is 0 Å². The van der Waals surface area contributed by atoms with Gasteiger partial charge in [0.1, 0.15) is 13.2 Å². The van der Waals surface area contributed by atoms with Crippen LogP contribution < -0.4 is 9.47 Å². The molecule has 0 radical (unpaired) electrons. The zero-order valence-electron chi connectivity index (χ0n) is 14.0. The van der Waals surface area contributed by atoms with Crippen molar-refractivity contribution in [3.05, 3.63) is 36.4 Å². The van der Waals surface area contributed by atoms with Crippen LogP contribution in [0.15, 0.2) is 30.9 Å². The Bertz CT molecular complexity index is 605. The summed E-state index contributed by atoms with van der Waals surface area (Å²) in [6.07, 6.45) is 4.61. The molecule has 1 aromatic rings. The summed E-state index contributed by atoms with van der Waals surface area (Å²) in [4.78, 5) is 14.1. The van der Waals surface area contributed by atoms with E-state index in [-0.39, 0.29) is 0 Å². The van der Waals surface area contributed by atoms with Crippen LogP contribution in [0.5, 0.6) is 11.5 Å². The number of allylic oxidation sites excluding steroid dienone is 1. The lowest BCUT2D eigenvalue weighted by Crippen LogP contribution is -2.44. The molecule has 1 aromatic carbocycles. The number of aliphatic carboxylic acids is 1. The number of piperidine rings is 1. The Kier molecular flexibility index (Phi) is 5.09. The number of carboxylic acid groups (broad SMARTS) is 1. The highest BCUT2D eigenvalue weighted by Crippen LogP contribution is 2.39. The fraction of sp³-hybridized carbons (Fsp3) is 0.526. The number of benzene rings is 1. The SMILES string of the molecule is C=CCCC1(C(=O)O)CCN(Cc2cccc3c2OCCO3)CC1. The van der Waals surface area contributed by atoms with E-state index in [9.17, 15) is 9.90 Å². The van der Waals surface area contributed by atoms with Crippen molar-refractivity contribution in [3.8, 4) is 11.5 Å². The minimum Gasteiger partial charge on any atom is -0.486 e. The van der Waals surface area contributed by atoms with Gasteiger partial charge in [-0.05, 0) is 44.8 Å². The molecule has 0 aliphatic carbocycles. The van der Waals surface area contributed by atoms with Crippen molar-refractivity contribution in [2.24, 2.45) is 5.41 Å². The molecule has 3 rings (SSSR count). The molecule has 0 amide bonds. The summed E-state index contributed by atoms with van der Waals surface area (Å²) >= 11 is 0. The van der Waals surface area contributed by atoms with Gasteiger partial charge in [-0.1, -0.05) is 18.2 Å². The second-order valence-corrected chi connectivity index (χ2v) is 6.63. The molecule has 0 atom stereocenters. The Morgan fingerprint density at radius 2 is 2.04 bits per heavy atom. The zero-order chi connectivity index (χ0) is 17.0. The Balaban J connectivity index is 1.65. The number of rotatable bonds is 6. The maximum Gasteiger partial charge on any atom is 0.309 e. The van der Waals surface area contributed by atoms with E-state index >= 15 is 0 Å². The van der Waals surface area contributed by atoms with Crippen LogP contribution in [0.3, 0.4) is 0 Å². The summed E-state index contributed by atoms with van der Waals surface area (Å²) in [5.41, 5.74) is 0.515. The number of fused-ring (bicyclic) bond motifs is 1. The molecule has 0 saturated carbocycles. The van der Waals surface area contributed by atoms with Crippen molar-refractivity contribution < 1.29 is 19.4 Å². The Morgan fingerprint density at radius 3 is 2.75 bits per heavy atom. The third-order valence-corrected chi connectivity index (χ3v) is 5.14. The zero-order valence-corrected chi connectivity index (χ0v) is 14.0. The van der Waals surface area contributed by atoms with Crippen LogP contribution in [0.2, 0.25) is 0 Å². The lowest BCUT2D eigenvalue weighted by Gasteiger charge is -2.39. The van der Waals surface area contributed by atoms with Crippen LogP contribution in [-0.2, 0) is 11.3 Å². The molecule has 5 nitrogen and oxygen atoms in total. The molecule has 24 heavy (non-hydrogen) atoms. The Labute approximate surface area is 142 Å². The highest BCUT2D eigenvalue weighted by Gasteiger charge is 2.40. The van der Waals surface area contributed by atoms with Crippen LogP contribution in [0, 0.1) is 5.41 Å². The van der Waals surface area contributed by atoms with Gasteiger partial charge in [-0.2, -0.15) is 0 Å². The number of likely N-dealkylation sites (tertiary alicyclic amines) is 1. The fourth-order valence-electron chi connectivity index (χ4n) is 3.59. The summed E-state index contributed by atoms with van der Waals surface area (Å²) in [7, 11) is 0. The maximum atomic E-state index is 11.7. The molecule has 0 aromatic heterocycles. The Morgan fingerprint density at radius 1 is 1.29 bits per heavy atom. The number of nitrogens with zero attached hydrogens (tertiary/aromatic N) is 1. The van der Waals surface area contributed by atoms with Crippen LogP contribution >= 0.6 is 0 Å². The van der Waals surface area contributed by atoms with E-state index in [1.807, 2.05) is 18.2 Å². The second kappa shape index (κ2) is 7.26. The standard InChI is InChI=1S/C19H25NO4/c1-2-3-7-19(18(21)22)8-10-20(11-9-19)14-15-5-4-6-16-17(15)24-13-12-23-16/h2,4-6H,1,3,7-14H2,(H,21,22). The smallest absolute Gasteiger partial charge is 0.309 e. The molecule has 1 fully saturated rings. The molecule has 5 heteroatoms. The second-order valence-electron chi connectivity index (χ2n) is 6.63. The monoisotopic (exact) mass is 331 g/mol. The molecule has 2 aliphatic rings. The molecule has 2 aliphatic heterocycles. The molecule has 1 N–H and O–H groups in total. The highest BCUT2D eigenvalue weighted by atomic mass is 16.6. The van der Waals surface area contributed by atoms with E-state index < -0.39 is 11.4 Å². The topological polar surface area (TPSA) is 59.0 Å². The number of hydrogen-bond donors (Lipinski definition) is 1. The van der Waals surface area contributed by atoms with E-state index in [4.69, 9.17) is 9.47 Å². The normalized spacial score (nSPS) is 19.7. The molecule has 0 spiro atoms. The van der Waals surface area contributed by atoms with Crippen LogP contribution in [0.1, 0.15) is 31.2 Å². The average Bonchev–Trinajstić information content (AvgIpc) is 2.61. The Hall–Kier alpha value is -2.01. The first kappa shape index (κ1) is 16.8. The molecule has 130 valence electrons. The van der Waals surface area contributed by atoms with Gasteiger partial charge in [0.05, 0.1) is 5.41 Å². The largest absolute Gasteiger partial charge is 0.486 e. The number of hydrogen-bond acceptors (Lipinski definition) is 4. The van der Waals surface area contributed by atoms with Gasteiger partial charge in [-0.15, -0.1) is 6.58 Å². The molecule has 1 saturated heterocycles. The van der Waals surface area contributed by atoms with Crippen molar-refractivity contribution in [1.82, 2.24) is 4.90 Å². The lowest BCUT2D eigenvalue weighted by atomic mass is 9.75. The molecular formula is C19H25NO4. The first-order valence-electron chi connectivity index (χ1n) is 8.59. The van der Waals surface area contributed by atoms with Crippen LogP contribution in [0.25, 0.3) is 0 Å². The third-order valence-electron chi connectivity index (χ3n) is 5.14. The van der Waals surface area contributed by atoms with Gasteiger partial charge in [-0.25, -0.2) is 0 Å². The highest BCUT2D eigenvalue weighted by molar-refractivity contribution is 5.74. The van der Waals surface area contributed by atoms with E-state index in [1.54, 1.807) is 0 Å². The number of carbonyl (C=O) groups is 1. The van der Waals surface area contributed by atoms with Gasteiger partial charge in [0, 0.05) is 12.1 Å². The summed E-state index contributed by atoms with van der Waals surface area (Å²) in [5, 5.41) is 9.66. The quantitative estimate of drug-likeness (QED) is 0.812. The molecular weight excluding hydrogens is 306 g/mol. The molecule has 0 unspecified atom stereocenters. The van der Waals surface area contributed by atoms with Crippen molar-refractivity contribution >= 4 is 5.97 Å². The number of para-hydroxylation sites is 1. The third kappa shape index (κ3) is 3.41. The van der Waals surface area contributed by atoms with Gasteiger partial charge >= 0.3 is 5.97 Å². The predicted molar refractivity (Wildman–Crippen MR) is 91.4 cm³/mol. The summed E-state index contributed by atoms with van der Waals surface area (Å²) in [6, 6.07) is 5.97. The van der Waals surface area contributed by atoms with E-state index in [1.165, 1.54) is 0 Å². The summed E-state index contributed by atoms with van der Waals surface area (Å²) in [6.45, 7) is 7.22. The van der Waals surface area contributed by atoms with Crippen LogP contribution in [-0.4, -0.2) is 42.3 Å². The number of ether oxygens (including phenoxy) is 2. The van der Waals surface area contributed by atoms with Gasteiger partial charge < -0.3 is 14.6 Å². The van der Waals surface area contributed by atoms with E-state index in [0.717, 1.165) is 43.1 Å². The first-order valence-corrected chi connectivity index (χ1v) is 8.59. The average molecular weight is 331 g/mol. The molecule has 2 heterocycles. The van der Waals surface area contributed by atoms with E-state index in [0.29, 0.717) is 32.5 Å². The summed E-state index contributed by atoms with van der Waals surface area (Å²) in [5.74, 6) is 0.977. The summed E-state index contributed by atoms with van der Waals surface area (Å²) < 4.78 is 11.4. The van der Waals surface area contributed by atoms with Gasteiger partial charge in [0.25, 0.3) is 0 Å². The minimum absolute atomic E-state index is 0.577. The minimum atomic E-state index is -0.669.